The van der Waals surface area contributed by atoms with Crippen LogP contribution in [0, 0.1) is 13.8 Å². The predicted molar refractivity (Wildman–Crippen MR) is 87.8 cm³/mol. The van der Waals surface area contributed by atoms with E-state index in [0.29, 0.717) is 10.7 Å². The molecule has 2 N–H and O–H groups in total. The van der Waals surface area contributed by atoms with Gasteiger partial charge in [0.05, 0.1) is 0 Å². The minimum atomic E-state index is -0.690. The van der Waals surface area contributed by atoms with Crippen LogP contribution >= 0.6 is 11.6 Å². The fraction of sp³-hybridized carbons (Fsp3) is 0.176. The molecule has 114 valence electrons. The highest BCUT2D eigenvalue weighted by molar-refractivity contribution is 6.39. The van der Waals surface area contributed by atoms with E-state index in [2.05, 4.69) is 10.6 Å². The number of carbonyl (C=O) groups is 2. The van der Waals surface area contributed by atoms with Gasteiger partial charge in [-0.2, -0.15) is 0 Å². The molecule has 0 saturated carbocycles. The predicted octanol–water partition coefficient (Wildman–Crippen LogP) is 3.21. The largest absolute Gasteiger partial charge is 0.344 e. The van der Waals surface area contributed by atoms with E-state index in [4.69, 9.17) is 11.6 Å². The van der Waals surface area contributed by atoms with Crippen molar-refractivity contribution in [2.45, 2.75) is 20.4 Å². The van der Waals surface area contributed by atoms with Crippen molar-refractivity contribution < 1.29 is 9.59 Å². The Morgan fingerprint density at radius 1 is 1.00 bits per heavy atom. The summed E-state index contributed by atoms with van der Waals surface area (Å²) in [7, 11) is 0. The van der Waals surface area contributed by atoms with Crippen LogP contribution in [0.5, 0.6) is 0 Å². The monoisotopic (exact) mass is 316 g/mol. The van der Waals surface area contributed by atoms with Gasteiger partial charge in [0.25, 0.3) is 0 Å². The highest BCUT2D eigenvalue weighted by Gasteiger charge is 2.13. The molecule has 0 aromatic heterocycles. The maximum atomic E-state index is 11.8. The average Bonchev–Trinajstić information content (AvgIpc) is 2.48. The average molecular weight is 317 g/mol. The summed E-state index contributed by atoms with van der Waals surface area (Å²) >= 11 is 5.87. The molecule has 0 spiro atoms. The third-order valence-corrected chi connectivity index (χ3v) is 3.55. The number of rotatable bonds is 3. The Balaban J connectivity index is 1.92. The Hall–Kier alpha value is -2.33. The lowest BCUT2D eigenvalue weighted by atomic mass is 10.1. The van der Waals surface area contributed by atoms with Crippen molar-refractivity contribution in [1.29, 1.82) is 0 Å². The van der Waals surface area contributed by atoms with Gasteiger partial charge in [0.15, 0.2) is 0 Å². The summed E-state index contributed by atoms with van der Waals surface area (Å²) in [5, 5.41) is 5.73. The fourth-order valence-electron chi connectivity index (χ4n) is 1.92. The summed E-state index contributed by atoms with van der Waals surface area (Å²) in [4.78, 5) is 23.6. The number of nitrogens with one attached hydrogen (secondary N) is 2. The molecular formula is C17H17ClN2O2. The van der Waals surface area contributed by atoms with Crippen molar-refractivity contribution >= 4 is 29.1 Å². The maximum Gasteiger partial charge on any atom is 0.313 e. The van der Waals surface area contributed by atoms with Crippen molar-refractivity contribution in [2.75, 3.05) is 5.32 Å². The molecule has 0 unspecified atom stereocenters. The van der Waals surface area contributed by atoms with Crippen LogP contribution in [0.1, 0.15) is 16.7 Å². The van der Waals surface area contributed by atoms with E-state index < -0.39 is 11.8 Å². The molecule has 0 heterocycles. The molecule has 0 radical (unpaired) electrons. The van der Waals surface area contributed by atoms with Crippen molar-refractivity contribution in [1.82, 2.24) is 5.32 Å². The summed E-state index contributed by atoms with van der Waals surface area (Å²) in [5.74, 6) is -1.37. The number of hydrogen-bond donors (Lipinski definition) is 2. The number of amides is 2. The standard InChI is InChI=1S/C17H17ClN2O2/c1-11-6-7-15(8-12(11)2)20-17(22)16(21)19-10-13-4-3-5-14(18)9-13/h3-9H,10H2,1-2H3,(H,19,21)(H,20,22). The molecule has 4 nitrogen and oxygen atoms in total. The minimum absolute atomic E-state index is 0.250. The Morgan fingerprint density at radius 2 is 1.77 bits per heavy atom. The fourth-order valence-corrected chi connectivity index (χ4v) is 2.13. The molecule has 0 bridgehead atoms. The number of anilines is 1. The first-order chi connectivity index (χ1) is 10.5. The van der Waals surface area contributed by atoms with Crippen LogP contribution in [0.2, 0.25) is 5.02 Å². The molecule has 22 heavy (non-hydrogen) atoms. The van der Waals surface area contributed by atoms with Crippen LogP contribution in [0.25, 0.3) is 0 Å². The zero-order valence-electron chi connectivity index (χ0n) is 12.4. The third kappa shape index (κ3) is 4.33. The maximum absolute atomic E-state index is 11.8. The summed E-state index contributed by atoms with van der Waals surface area (Å²) in [6, 6.07) is 12.6. The van der Waals surface area contributed by atoms with Gasteiger partial charge in [-0.15, -0.1) is 0 Å². The van der Waals surface area contributed by atoms with Gasteiger partial charge >= 0.3 is 11.8 Å². The molecule has 2 aromatic rings. The molecule has 0 fully saturated rings. The summed E-state index contributed by atoms with van der Waals surface area (Å²) in [6.07, 6.45) is 0. The van der Waals surface area contributed by atoms with E-state index in [1.807, 2.05) is 32.0 Å². The van der Waals surface area contributed by atoms with Crippen LogP contribution < -0.4 is 10.6 Å². The normalized spacial score (nSPS) is 10.1. The van der Waals surface area contributed by atoms with Crippen LogP contribution in [-0.4, -0.2) is 11.8 Å². The van der Waals surface area contributed by atoms with Crippen LogP contribution in [-0.2, 0) is 16.1 Å². The quantitative estimate of drug-likeness (QED) is 0.854. The Morgan fingerprint density at radius 3 is 2.45 bits per heavy atom. The highest BCUT2D eigenvalue weighted by atomic mass is 35.5. The van der Waals surface area contributed by atoms with Crippen LogP contribution in [0.15, 0.2) is 42.5 Å². The van der Waals surface area contributed by atoms with Gasteiger partial charge in [-0.05, 0) is 54.8 Å². The zero-order chi connectivity index (χ0) is 16.1. The van der Waals surface area contributed by atoms with Crippen molar-refractivity contribution in [3.8, 4) is 0 Å². The minimum Gasteiger partial charge on any atom is -0.344 e. The Kier molecular flexibility index (Phi) is 5.17. The third-order valence-electron chi connectivity index (χ3n) is 3.31. The second kappa shape index (κ2) is 7.09. The number of carbonyl (C=O) groups excluding carboxylic acids is 2. The molecule has 2 amide bonds. The van der Waals surface area contributed by atoms with Crippen LogP contribution in [0.3, 0.4) is 0 Å². The van der Waals surface area contributed by atoms with Gasteiger partial charge in [-0.1, -0.05) is 29.8 Å². The molecule has 5 heteroatoms. The van der Waals surface area contributed by atoms with E-state index in [-0.39, 0.29) is 6.54 Å². The number of hydrogen-bond acceptors (Lipinski definition) is 2. The van der Waals surface area contributed by atoms with Crippen molar-refractivity contribution in [3.63, 3.8) is 0 Å². The SMILES string of the molecule is Cc1ccc(NC(=O)C(=O)NCc2cccc(Cl)c2)cc1C. The summed E-state index contributed by atoms with van der Waals surface area (Å²) in [5.41, 5.74) is 3.62. The molecule has 0 aliphatic heterocycles. The van der Waals surface area contributed by atoms with Gasteiger partial charge in [-0.3, -0.25) is 9.59 Å². The van der Waals surface area contributed by atoms with E-state index in [0.717, 1.165) is 16.7 Å². The van der Waals surface area contributed by atoms with E-state index >= 15 is 0 Å². The summed E-state index contributed by atoms with van der Waals surface area (Å²) in [6.45, 7) is 4.18. The van der Waals surface area contributed by atoms with Gasteiger partial charge in [-0.25, -0.2) is 0 Å². The number of halogens is 1. The first-order valence-corrected chi connectivity index (χ1v) is 7.24. The zero-order valence-corrected chi connectivity index (χ0v) is 13.2. The smallest absolute Gasteiger partial charge is 0.313 e. The molecular weight excluding hydrogens is 300 g/mol. The molecule has 2 aromatic carbocycles. The van der Waals surface area contributed by atoms with Crippen molar-refractivity contribution in [3.05, 3.63) is 64.2 Å². The number of aryl methyl sites for hydroxylation is 2. The molecule has 0 saturated heterocycles. The molecule has 2 rings (SSSR count). The molecule has 0 aliphatic rings. The van der Waals surface area contributed by atoms with Gasteiger partial charge < -0.3 is 10.6 Å². The Bertz CT molecular complexity index is 714. The van der Waals surface area contributed by atoms with Gasteiger partial charge in [0, 0.05) is 17.3 Å². The first-order valence-electron chi connectivity index (χ1n) is 6.86. The van der Waals surface area contributed by atoms with Gasteiger partial charge in [0.2, 0.25) is 0 Å². The van der Waals surface area contributed by atoms with Crippen molar-refractivity contribution in [2.24, 2.45) is 0 Å². The van der Waals surface area contributed by atoms with Gasteiger partial charge in [0.1, 0.15) is 0 Å². The van der Waals surface area contributed by atoms with E-state index in [1.54, 1.807) is 24.3 Å². The topological polar surface area (TPSA) is 58.2 Å². The second-order valence-electron chi connectivity index (χ2n) is 5.07. The summed E-state index contributed by atoms with van der Waals surface area (Å²) < 4.78 is 0. The molecule has 0 atom stereocenters. The highest BCUT2D eigenvalue weighted by Crippen LogP contribution is 2.14. The van der Waals surface area contributed by atoms with E-state index in [1.165, 1.54) is 0 Å². The molecule has 0 aliphatic carbocycles. The number of benzene rings is 2. The lowest BCUT2D eigenvalue weighted by Crippen LogP contribution is -2.34. The van der Waals surface area contributed by atoms with Crippen LogP contribution in [0.4, 0.5) is 5.69 Å². The second-order valence-corrected chi connectivity index (χ2v) is 5.50. The lowest BCUT2D eigenvalue weighted by Gasteiger charge is -2.08. The Labute approximate surface area is 134 Å². The lowest BCUT2D eigenvalue weighted by molar-refractivity contribution is -0.136. The van der Waals surface area contributed by atoms with E-state index in [9.17, 15) is 9.59 Å². The first kappa shape index (κ1) is 16.0.